The van der Waals surface area contributed by atoms with Gasteiger partial charge in [-0.2, -0.15) is 0 Å². The van der Waals surface area contributed by atoms with Crippen LogP contribution in [0.15, 0.2) is 12.3 Å². The third-order valence-corrected chi connectivity index (χ3v) is 3.74. The van der Waals surface area contributed by atoms with Crippen molar-refractivity contribution in [2.45, 2.75) is 26.2 Å². The molecule has 0 saturated carbocycles. The number of anilines is 2. The monoisotopic (exact) mass is 296 g/mol. The van der Waals surface area contributed by atoms with Crippen molar-refractivity contribution >= 4 is 29.0 Å². The van der Waals surface area contributed by atoms with Crippen molar-refractivity contribution in [1.29, 1.82) is 0 Å². The minimum Gasteiger partial charge on any atom is -0.396 e. The van der Waals surface area contributed by atoms with Crippen LogP contribution in [0.1, 0.15) is 26.2 Å². The Hall–Kier alpha value is -1.49. The summed E-state index contributed by atoms with van der Waals surface area (Å²) in [5.74, 6) is 1.01. The number of carbonyl (C=O) groups excluding carboxylic acids is 1. The first-order valence-electron chi connectivity index (χ1n) is 7.05. The molecule has 1 aromatic heterocycles. The molecule has 5 nitrogen and oxygen atoms in total. The second-order valence-corrected chi connectivity index (χ2v) is 5.47. The van der Waals surface area contributed by atoms with Gasteiger partial charge >= 0.3 is 0 Å². The van der Waals surface area contributed by atoms with Crippen LogP contribution in [-0.4, -0.2) is 42.0 Å². The molecule has 2 N–H and O–H groups in total. The first-order valence-corrected chi connectivity index (χ1v) is 7.43. The summed E-state index contributed by atoms with van der Waals surface area (Å²) in [6, 6.07) is 1.71. The summed E-state index contributed by atoms with van der Waals surface area (Å²) in [5.41, 5.74) is 6.53. The highest BCUT2D eigenvalue weighted by Gasteiger charge is 2.22. The lowest BCUT2D eigenvalue weighted by Gasteiger charge is -2.36. The van der Waals surface area contributed by atoms with E-state index in [1.807, 2.05) is 4.90 Å². The number of aromatic nitrogens is 1. The molecule has 1 fully saturated rings. The molecule has 1 saturated heterocycles. The van der Waals surface area contributed by atoms with Gasteiger partial charge in [0.05, 0.1) is 10.7 Å². The van der Waals surface area contributed by atoms with Crippen LogP contribution in [0.25, 0.3) is 0 Å². The van der Waals surface area contributed by atoms with Gasteiger partial charge in [-0.15, -0.1) is 0 Å². The van der Waals surface area contributed by atoms with Gasteiger partial charge in [0.25, 0.3) is 0 Å². The quantitative estimate of drug-likeness (QED) is 0.925. The van der Waals surface area contributed by atoms with Crippen LogP contribution in [0.2, 0.25) is 5.02 Å². The molecule has 110 valence electrons. The molecule has 0 atom stereocenters. The minimum atomic E-state index is 0.253. The topological polar surface area (TPSA) is 62.5 Å². The third kappa shape index (κ3) is 3.54. The van der Waals surface area contributed by atoms with E-state index in [4.69, 9.17) is 17.3 Å². The molecule has 6 heteroatoms. The molecule has 1 amide bonds. The molecule has 0 spiro atoms. The smallest absolute Gasteiger partial charge is 0.222 e. The van der Waals surface area contributed by atoms with Crippen molar-refractivity contribution in [2.24, 2.45) is 0 Å². The molecule has 2 heterocycles. The molecule has 0 unspecified atom stereocenters. The molecule has 0 aliphatic carbocycles. The zero-order chi connectivity index (χ0) is 14.5. The van der Waals surface area contributed by atoms with Crippen LogP contribution < -0.4 is 10.6 Å². The standard InChI is InChI=1S/C14H21ClN4O/c1-2-3-4-13(20)18-5-7-19(8-6-18)14-12(16)9-11(15)10-17-14/h9-10H,2-8,16H2,1H3. The maximum Gasteiger partial charge on any atom is 0.222 e. The highest BCUT2D eigenvalue weighted by Crippen LogP contribution is 2.24. The van der Waals surface area contributed by atoms with Crippen molar-refractivity contribution in [3.63, 3.8) is 0 Å². The van der Waals surface area contributed by atoms with Gasteiger partial charge in [-0.25, -0.2) is 4.98 Å². The first-order chi connectivity index (χ1) is 9.61. The van der Waals surface area contributed by atoms with Gasteiger partial charge in [0.2, 0.25) is 5.91 Å². The van der Waals surface area contributed by atoms with Gasteiger partial charge in [0.15, 0.2) is 5.82 Å². The third-order valence-electron chi connectivity index (χ3n) is 3.54. The van der Waals surface area contributed by atoms with Crippen LogP contribution in [-0.2, 0) is 4.79 Å². The Kier molecular flexibility index (Phi) is 5.06. The lowest BCUT2D eigenvalue weighted by molar-refractivity contribution is -0.131. The Morgan fingerprint density at radius 3 is 2.70 bits per heavy atom. The van der Waals surface area contributed by atoms with Crippen LogP contribution in [0.5, 0.6) is 0 Å². The largest absolute Gasteiger partial charge is 0.396 e. The Morgan fingerprint density at radius 2 is 2.10 bits per heavy atom. The Bertz CT molecular complexity index is 472. The first kappa shape index (κ1) is 14.9. The number of carbonyl (C=O) groups is 1. The number of piperazine rings is 1. The second kappa shape index (κ2) is 6.79. The van der Waals surface area contributed by atoms with E-state index < -0.39 is 0 Å². The van der Waals surface area contributed by atoms with Gasteiger partial charge < -0.3 is 15.5 Å². The number of hydrogen-bond donors (Lipinski definition) is 1. The number of unbranched alkanes of at least 4 members (excludes halogenated alkanes) is 1. The predicted octanol–water partition coefficient (Wildman–Crippen LogP) is 2.16. The lowest BCUT2D eigenvalue weighted by Crippen LogP contribution is -2.49. The van der Waals surface area contributed by atoms with Crippen LogP contribution in [0.3, 0.4) is 0 Å². The number of pyridine rings is 1. The van der Waals surface area contributed by atoms with Crippen LogP contribution in [0.4, 0.5) is 11.5 Å². The number of halogens is 1. The normalized spacial score (nSPS) is 15.5. The van der Waals surface area contributed by atoms with Gasteiger partial charge in [-0.3, -0.25) is 4.79 Å². The highest BCUT2D eigenvalue weighted by atomic mass is 35.5. The lowest BCUT2D eigenvalue weighted by atomic mass is 10.2. The van der Waals surface area contributed by atoms with E-state index in [-0.39, 0.29) is 5.91 Å². The molecule has 2 rings (SSSR count). The average Bonchev–Trinajstić information content (AvgIpc) is 2.45. The van der Waals surface area contributed by atoms with Crippen molar-refractivity contribution < 1.29 is 4.79 Å². The average molecular weight is 297 g/mol. The number of nitrogens with two attached hydrogens (primary N) is 1. The van der Waals surface area contributed by atoms with Crippen molar-refractivity contribution in [2.75, 3.05) is 36.8 Å². The van der Waals surface area contributed by atoms with E-state index in [0.717, 1.165) is 44.8 Å². The molecule has 0 bridgehead atoms. The van der Waals surface area contributed by atoms with E-state index in [1.165, 1.54) is 0 Å². The Morgan fingerprint density at radius 1 is 1.40 bits per heavy atom. The minimum absolute atomic E-state index is 0.253. The molecule has 20 heavy (non-hydrogen) atoms. The zero-order valence-electron chi connectivity index (χ0n) is 11.8. The van der Waals surface area contributed by atoms with E-state index in [9.17, 15) is 4.79 Å². The van der Waals surface area contributed by atoms with E-state index in [0.29, 0.717) is 17.1 Å². The summed E-state index contributed by atoms with van der Waals surface area (Å²) < 4.78 is 0. The number of amides is 1. The summed E-state index contributed by atoms with van der Waals surface area (Å²) in [6.45, 7) is 5.08. The Labute approximate surface area is 124 Å². The molecule has 0 aromatic carbocycles. The fraction of sp³-hybridized carbons (Fsp3) is 0.571. The molecule has 0 radical (unpaired) electrons. The number of nitrogens with zero attached hydrogens (tertiary/aromatic N) is 3. The molecular weight excluding hydrogens is 276 g/mol. The van der Waals surface area contributed by atoms with Gasteiger partial charge in [-0.05, 0) is 12.5 Å². The molecule has 1 aromatic rings. The van der Waals surface area contributed by atoms with Gasteiger partial charge in [-0.1, -0.05) is 24.9 Å². The summed E-state index contributed by atoms with van der Waals surface area (Å²) in [7, 11) is 0. The number of rotatable bonds is 4. The summed E-state index contributed by atoms with van der Waals surface area (Å²) in [5, 5.41) is 0.541. The fourth-order valence-electron chi connectivity index (χ4n) is 2.37. The highest BCUT2D eigenvalue weighted by molar-refractivity contribution is 6.30. The number of hydrogen-bond acceptors (Lipinski definition) is 4. The second-order valence-electron chi connectivity index (χ2n) is 5.04. The van der Waals surface area contributed by atoms with E-state index in [2.05, 4.69) is 16.8 Å². The molecule has 1 aliphatic rings. The van der Waals surface area contributed by atoms with Gasteiger partial charge in [0, 0.05) is 38.8 Å². The van der Waals surface area contributed by atoms with Crippen molar-refractivity contribution in [1.82, 2.24) is 9.88 Å². The fourth-order valence-corrected chi connectivity index (χ4v) is 2.53. The maximum atomic E-state index is 12.0. The van der Waals surface area contributed by atoms with E-state index in [1.54, 1.807) is 12.3 Å². The van der Waals surface area contributed by atoms with Crippen LogP contribution >= 0.6 is 11.6 Å². The zero-order valence-corrected chi connectivity index (χ0v) is 12.6. The summed E-state index contributed by atoms with van der Waals surface area (Å²) in [4.78, 5) is 20.3. The van der Waals surface area contributed by atoms with Gasteiger partial charge in [0.1, 0.15) is 0 Å². The van der Waals surface area contributed by atoms with E-state index >= 15 is 0 Å². The van der Waals surface area contributed by atoms with Crippen molar-refractivity contribution in [3.8, 4) is 0 Å². The summed E-state index contributed by atoms with van der Waals surface area (Å²) >= 11 is 5.86. The SMILES string of the molecule is CCCCC(=O)N1CCN(c2ncc(Cl)cc2N)CC1. The molecule has 1 aliphatic heterocycles. The molecular formula is C14H21ClN4O. The predicted molar refractivity (Wildman–Crippen MR) is 82.0 cm³/mol. The number of nitrogen functional groups attached to an aromatic ring is 1. The van der Waals surface area contributed by atoms with Crippen molar-refractivity contribution in [3.05, 3.63) is 17.3 Å². The Balaban J connectivity index is 1.92. The van der Waals surface area contributed by atoms with Crippen LogP contribution in [0, 0.1) is 0 Å². The maximum absolute atomic E-state index is 12.0. The summed E-state index contributed by atoms with van der Waals surface area (Å²) in [6.07, 6.45) is 4.27.